The van der Waals surface area contributed by atoms with Gasteiger partial charge in [0.25, 0.3) is 0 Å². The second-order valence-corrected chi connectivity index (χ2v) is 9.99. The van der Waals surface area contributed by atoms with Crippen molar-refractivity contribution in [2.24, 2.45) is 0 Å². The lowest BCUT2D eigenvalue weighted by molar-refractivity contribution is -0.0187. The quantitative estimate of drug-likeness (QED) is 0.129. The Bertz CT molecular complexity index is 1100. The smallest absolute Gasteiger partial charge is 0.142 e. The Morgan fingerprint density at radius 2 is 0.850 bits per heavy atom. The van der Waals surface area contributed by atoms with Crippen LogP contribution in [-0.4, -0.2) is 86.0 Å². The molecule has 40 heavy (non-hydrogen) atoms. The summed E-state index contributed by atoms with van der Waals surface area (Å²) in [6.07, 6.45) is 3.53. The third kappa shape index (κ3) is 11.4. The van der Waals surface area contributed by atoms with E-state index in [4.69, 9.17) is 28.4 Å². The van der Waals surface area contributed by atoms with E-state index in [2.05, 4.69) is 19.9 Å². The Kier molecular flexibility index (Phi) is 14.1. The fourth-order valence-electron chi connectivity index (χ4n) is 3.31. The largest absolute Gasteiger partial charge is 0.377 e. The van der Waals surface area contributed by atoms with Crippen LogP contribution < -0.4 is 0 Å². The first-order valence-corrected chi connectivity index (χ1v) is 14.8. The van der Waals surface area contributed by atoms with E-state index in [9.17, 15) is 0 Å². The van der Waals surface area contributed by atoms with Gasteiger partial charge in [-0.2, -0.15) is 0 Å². The third-order valence-corrected chi connectivity index (χ3v) is 7.06. The highest BCUT2D eigenvalue weighted by atomic mass is 32.1. The minimum absolute atomic E-state index is 0.456. The average Bonchev–Trinajstić information content (AvgIpc) is 3.68. The highest BCUT2D eigenvalue weighted by Crippen LogP contribution is 2.22. The number of pyridine rings is 2. The van der Waals surface area contributed by atoms with Gasteiger partial charge in [-0.1, -0.05) is 12.1 Å². The summed E-state index contributed by atoms with van der Waals surface area (Å²) in [6.45, 7) is 6.01. The second kappa shape index (κ2) is 18.6. The highest BCUT2D eigenvalue weighted by Gasteiger charge is 2.06. The van der Waals surface area contributed by atoms with Gasteiger partial charge in [0.1, 0.15) is 10.0 Å². The molecule has 4 rings (SSSR count). The number of thiazole rings is 2. The molecule has 0 saturated carbocycles. The Morgan fingerprint density at radius 1 is 0.475 bits per heavy atom. The second-order valence-electron chi connectivity index (χ2n) is 8.27. The molecular weight excluding hydrogens is 552 g/mol. The molecule has 10 nitrogen and oxygen atoms in total. The zero-order chi connectivity index (χ0) is 27.5. The molecule has 0 aliphatic carbocycles. The van der Waals surface area contributed by atoms with Gasteiger partial charge in [-0.15, -0.1) is 22.7 Å². The molecule has 0 unspecified atom stereocenters. The van der Waals surface area contributed by atoms with E-state index in [0.29, 0.717) is 79.3 Å². The summed E-state index contributed by atoms with van der Waals surface area (Å²) < 4.78 is 33.3. The maximum atomic E-state index is 5.63. The molecule has 0 fully saturated rings. The van der Waals surface area contributed by atoms with E-state index < -0.39 is 0 Å². The molecule has 0 atom stereocenters. The SMILES string of the molecule is c1ccc(-c2nc(COCCOCCOCCOCCOCCOCc3csc(-c4ccccn4)n3)cs2)nc1. The Labute approximate surface area is 242 Å². The number of hydrogen-bond donors (Lipinski definition) is 0. The monoisotopic (exact) mass is 586 g/mol. The van der Waals surface area contributed by atoms with Crippen molar-refractivity contribution in [1.29, 1.82) is 0 Å². The van der Waals surface area contributed by atoms with Crippen molar-refractivity contribution in [2.45, 2.75) is 13.2 Å². The normalized spacial score (nSPS) is 11.3. The van der Waals surface area contributed by atoms with Crippen molar-refractivity contribution in [3.8, 4) is 21.4 Å². The summed E-state index contributed by atoms with van der Waals surface area (Å²) in [5.74, 6) is 0. The van der Waals surface area contributed by atoms with Gasteiger partial charge in [0.2, 0.25) is 0 Å². The average molecular weight is 587 g/mol. The minimum Gasteiger partial charge on any atom is -0.377 e. The van der Waals surface area contributed by atoms with Crippen LogP contribution in [0.3, 0.4) is 0 Å². The van der Waals surface area contributed by atoms with Crippen LogP contribution in [0.5, 0.6) is 0 Å². The lowest BCUT2D eigenvalue weighted by Crippen LogP contribution is -2.14. The number of nitrogens with zero attached hydrogens (tertiary/aromatic N) is 4. The molecule has 0 radical (unpaired) electrons. The maximum absolute atomic E-state index is 5.63. The van der Waals surface area contributed by atoms with E-state index in [1.807, 2.05) is 47.2 Å². The minimum atomic E-state index is 0.456. The number of hydrogen-bond acceptors (Lipinski definition) is 12. The summed E-state index contributed by atoms with van der Waals surface area (Å²) in [5.41, 5.74) is 3.55. The van der Waals surface area contributed by atoms with Crippen LogP contribution in [0.25, 0.3) is 21.4 Å². The van der Waals surface area contributed by atoms with Gasteiger partial charge in [-0.25, -0.2) is 9.97 Å². The van der Waals surface area contributed by atoms with E-state index in [1.165, 1.54) is 0 Å². The van der Waals surface area contributed by atoms with E-state index in [0.717, 1.165) is 32.8 Å². The molecule has 0 aliphatic heterocycles. The predicted octanol–water partition coefficient (Wildman–Crippen LogP) is 4.52. The molecule has 0 amide bonds. The predicted molar refractivity (Wildman–Crippen MR) is 153 cm³/mol. The first-order valence-electron chi connectivity index (χ1n) is 13.1. The molecule has 0 N–H and O–H groups in total. The zero-order valence-electron chi connectivity index (χ0n) is 22.3. The fourth-order valence-corrected chi connectivity index (χ4v) is 4.87. The Balaban J connectivity index is 0.873. The first kappa shape index (κ1) is 30.3. The van der Waals surface area contributed by atoms with Gasteiger partial charge in [0.15, 0.2) is 0 Å². The van der Waals surface area contributed by atoms with Crippen LogP contribution >= 0.6 is 22.7 Å². The number of ether oxygens (including phenoxy) is 6. The Morgan fingerprint density at radius 3 is 1.20 bits per heavy atom. The summed E-state index contributed by atoms with van der Waals surface area (Å²) >= 11 is 3.13. The topological polar surface area (TPSA) is 107 Å². The molecule has 4 heterocycles. The number of aromatic nitrogens is 4. The molecular formula is C28H34N4O6S2. The van der Waals surface area contributed by atoms with Crippen molar-refractivity contribution < 1.29 is 28.4 Å². The standard InChI is InChI=1S/C28H34N4O6S2/c1-3-7-29-25(5-1)27-31-23(21-39-27)19-37-17-15-35-13-11-33-9-10-34-12-14-36-16-18-38-20-24-22-40-28(32-24)26-6-2-4-8-30-26/h1-8,21-22H,9-20H2. The molecule has 214 valence electrons. The van der Waals surface area contributed by atoms with Crippen molar-refractivity contribution in [1.82, 2.24) is 19.9 Å². The molecule has 0 aliphatic rings. The molecule has 12 heteroatoms. The van der Waals surface area contributed by atoms with Crippen LogP contribution in [0.1, 0.15) is 11.4 Å². The van der Waals surface area contributed by atoms with Gasteiger partial charge in [-0.3, -0.25) is 9.97 Å². The lowest BCUT2D eigenvalue weighted by Gasteiger charge is -2.08. The lowest BCUT2D eigenvalue weighted by atomic mass is 10.4. The van der Waals surface area contributed by atoms with Gasteiger partial charge in [0.05, 0.1) is 102 Å². The van der Waals surface area contributed by atoms with Gasteiger partial charge in [0, 0.05) is 23.2 Å². The van der Waals surface area contributed by atoms with Crippen molar-refractivity contribution in [2.75, 3.05) is 66.1 Å². The number of rotatable bonds is 21. The van der Waals surface area contributed by atoms with Crippen LogP contribution in [0.2, 0.25) is 0 Å². The van der Waals surface area contributed by atoms with Crippen LogP contribution in [-0.2, 0) is 41.6 Å². The van der Waals surface area contributed by atoms with Crippen LogP contribution in [0.4, 0.5) is 0 Å². The molecule has 4 aromatic rings. The van der Waals surface area contributed by atoms with E-state index in [1.54, 1.807) is 35.1 Å². The molecule has 0 bridgehead atoms. The zero-order valence-corrected chi connectivity index (χ0v) is 23.9. The van der Waals surface area contributed by atoms with Crippen LogP contribution in [0.15, 0.2) is 59.6 Å². The Hall–Kier alpha value is -2.68. The molecule has 4 aromatic heterocycles. The van der Waals surface area contributed by atoms with Crippen molar-refractivity contribution in [3.05, 3.63) is 70.9 Å². The summed E-state index contributed by atoms with van der Waals surface area (Å²) in [5, 5.41) is 5.78. The summed E-state index contributed by atoms with van der Waals surface area (Å²) in [4.78, 5) is 17.7. The molecule has 0 saturated heterocycles. The fraction of sp³-hybridized carbons (Fsp3) is 0.429. The van der Waals surface area contributed by atoms with E-state index in [-0.39, 0.29) is 0 Å². The third-order valence-electron chi connectivity index (χ3n) is 5.23. The van der Waals surface area contributed by atoms with Gasteiger partial charge >= 0.3 is 0 Å². The van der Waals surface area contributed by atoms with Crippen LogP contribution in [0, 0.1) is 0 Å². The van der Waals surface area contributed by atoms with E-state index >= 15 is 0 Å². The highest BCUT2D eigenvalue weighted by molar-refractivity contribution is 7.13. The molecule has 0 aromatic carbocycles. The molecule has 0 spiro atoms. The summed E-state index contributed by atoms with van der Waals surface area (Å²) in [7, 11) is 0. The van der Waals surface area contributed by atoms with Crippen molar-refractivity contribution >= 4 is 22.7 Å². The van der Waals surface area contributed by atoms with Gasteiger partial charge < -0.3 is 28.4 Å². The maximum Gasteiger partial charge on any atom is 0.142 e. The first-order chi connectivity index (χ1) is 19.9. The van der Waals surface area contributed by atoms with Gasteiger partial charge in [-0.05, 0) is 24.3 Å². The van der Waals surface area contributed by atoms with Crippen molar-refractivity contribution in [3.63, 3.8) is 0 Å². The summed E-state index contributed by atoms with van der Waals surface area (Å²) in [6, 6.07) is 11.6.